The Morgan fingerprint density at radius 1 is 1.00 bits per heavy atom. The highest BCUT2D eigenvalue weighted by Gasteiger charge is 2.17. The Bertz CT molecular complexity index is 1580. The number of hydrogen-bond donors (Lipinski definition) is 3. The Kier molecular flexibility index (Phi) is 9.78. The van der Waals surface area contributed by atoms with Gasteiger partial charge >= 0.3 is 5.69 Å². The van der Waals surface area contributed by atoms with E-state index in [0.29, 0.717) is 31.0 Å². The molecular formula is C30H37N7O4S. The third-order valence-corrected chi connectivity index (χ3v) is 9.09. The molecule has 1 aliphatic rings. The lowest BCUT2D eigenvalue weighted by molar-refractivity contribution is 0.174. The highest BCUT2D eigenvalue weighted by atomic mass is 32.2. The van der Waals surface area contributed by atoms with Gasteiger partial charge in [-0.2, -0.15) is 9.36 Å². The minimum absolute atomic E-state index is 0.0729. The number of anilines is 1. The van der Waals surface area contributed by atoms with E-state index in [1.165, 1.54) is 47.2 Å². The minimum atomic E-state index is -3.83. The second-order valence-corrected chi connectivity index (χ2v) is 12.4. The lowest BCUT2D eigenvalue weighted by atomic mass is 10.0. The fraction of sp³-hybridized carbons (Fsp3) is 0.400. The molecule has 1 unspecified atom stereocenters. The maximum Gasteiger partial charge on any atom is 0.368 e. The van der Waals surface area contributed by atoms with E-state index in [-0.39, 0.29) is 10.6 Å². The van der Waals surface area contributed by atoms with Crippen LogP contribution in [0.2, 0.25) is 0 Å². The molecule has 42 heavy (non-hydrogen) atoms. The molecule has 222 valence electrons. The normalized spacial score (nSPS) is 14.7. The summed E-state index contributed by atoms with van der Waals surface area (Å²) in [7, 11) is -3.83. The van der Waals surface area contributed by atoms with Gasteiger partial charge < -0.3 is 10.4 Å². The third-order valence-electron chi connectivity index (χ3n) is 7.69. The summed E-state index contributed by atoms with van der Waals surface area (Å²) in [4.78, 5) is 16.9. The van der Waals surface area contributed by atoms with Gasteiger partial charge in [0.25, 0.3) is 10.0 Å². The number of aliphatic hydroxyl groups excluding tert-OH is 1. The van der Waals surface area contributed by atoms with E-state index < -0.39 is 16.1 Å². The summed E-state index contributed by atoms with van der Waals surface area (Å²) in [5, 5.41) is 21.4. The molecule has 1 saturated carbocycles. The van der Waals surface area contributed by atoms with Crippen LogP contribution in [0.15, 0.2) is 82.7 Å². The summed E-state index contributed by atoms with van der Waals surface area (Å²) in [5.74, 6) is 0.753. The zero-order valence-corrected chi connectivity index (χ0v) is 24.3. The van der Waals surface area contributed by atoms with Crippen LogP contribution in [0, 0.1) is 5.92 Å². The second kappa shape index (κ2) is 13.9. The van der Waals surface area contributed by atoms with Gasteiger partial charge in [0.05, 0.1) is 16.7 Å². The Labute approximate surface area is 245 Å². The number of aryl methyl sites for hydroxylation is 1. The van der Waals surface area contributed by atoms with E-state index in [0.717, 1.165) is 36.3 Å². The number of rotatable bonds is 14. The van der Waals surface area contributed by atoms with E-state index in [1.54, 1.807) is 42.7 Å². The molecule has 0 bridgehead atoms. The zero-order chi connectivity index (χ0) is 29.4. The lowest BCUT2D eigenvalue weighted by Crippen LogP contribution is -2.24. The molecule has 2 aromatic carbocycles. The van der Waals surface area contributed by atoms with Crippen LogP contribution in [0.25, 0.3) is 5.69 Å². The van der Waals surface area contributed by atoms with Crippen LogP contribution < -0.4 is 15.7 Å². The van der Waals surface area contributed by atoms with E-state index in [9.17, 15) is 18.3 Å². The molecule has 1 fully saturated rings. The van der Waals surface area contributed by atoms with Crippen LogP contribution in [-0.4, -0.2) is 51.4 Å². The van der Waals surface area contributed by atoms with Crippen molar-refractivity contribution in [1.29, 1.82) is 0 Å². The van der Waals surface area contributed by atoms with Crippen LogP contribution in [0.4, 0.5) is 5.69 Å². The molecule has 12 heteroatoms. The number of tetrazole rings is 1. The maximum absolute atomic E-state index is 13.0. The fourth-order valence-corrected chi connectivity index (χ4v) is 6.35. The van der Waals surface area contributed by atoms with Crippen LogP contribution in [-0.2, 0) is 23.0 Å². The fourth-order valence-electron chi connectivity index (χ4n) is 5.29. The van der Waals surface area contributed by atoms with Gasteiger partial charge in [-0.05, 0) is 90.2 Å². The number of hydrogen-bond acceptors (Lipinski definition) is 8. The van der Waals surface area contributed by atoms with Crippen molar-refractivity contribution >= 4 is 15.7 Å². The Balaban J connectivity index is 1.11. The molecule has 2 heterocycles. The second-order valence-electron chi connectivity index (χ2n) is 10.7. The van der Waals surface area contributed by atoms with Crippen molar-refractivity contribution in [3.8, 4) is 5.69 Å². The number of nitrogens with zero attached hydrogens (tertiary/aromatic N) is 5. The van der Waals surface area contributed by atoms with Gasteiger partial charge in [0.15, 0.2) is 0 Å². The number of benzene rings is 2. The number of aliphatic hydroxyl groups is 1. The smallest absolute Gasteiger partial charge is 0.368 e. The maximum atomic E-state index is 13.0. The standard InChI is InChI=1S/C30H37N7O4S/c38-29(25-8-3-18-31-21-25)22-32-19-17-24-9-11-26(12-10-24)33-42(40,41)28-15-13-27(14-16-28)37-30(39)36(34-35-37)20-4-7-23-5-1-2-6-23/h3,8-16,18,21,23,29,32-33,38H,1-2,4-7,17,19-20,22H2. The first-order valence-corrected chi connectivity index (χ1v) is 15.9. The quantitative estimate of drug-likeness (QED) is 0.189. The number of sulfonamides is 1. The van der Waals surface area contributed by atoms with Crippen molar-refractivity contribution in [2.24, 2.45) is 5.92 Å². The predicted octanol–water partition coefficient (Wildman–Crippen LogP) is 3.46. The zero-order valence-electron chi connectivity index (χ0n) is 23.5. The van der Waals surface area contributed by atoms with Crippen LogP contribution in [0.1, 0.15) is 55.8 Å². The van der Waals surface area contributed by atoms with E-state index in [1.807, 2.05) is 18.2 Å². The SMILES string of the molecule is O=c1n(CCCC2CCCC2)nnn1-c1ccc(S(=O)(=O)Nc2ccc(CCNCC(O)c3cccnc3)cc2)cc1. The average Bonchev–Trinajstić information content (AvgIpc) is 3.66. The van der Waals surface area contributed by atoms with Gasteiger partial charge in [0.1, 0.15) is 0 Å². The molecule has 5 rings (SSSR count). The number of pyridine rings is 1. The van der Waals surface area contributed by atoms with Gasteiger partial charge in [-0.1, -0.05) is 43.9 Å². The first kappa shape index (κ1) is 29.6. The van der Waals surface area contributed by atoms with Crippen molar-refractivity contribution in [1.82, 2.24) is 30.1 Å². The van der Waals surface area contributed by atoms with E-state index in [2.05, 4.69) is 25.4 Å². The van der Waals surface area contributed by atoms with Gasteiger partial charge in [0, 0.05) is 36.7 Å². The Morgan fingerprint density at radius 3 is 2.48 bits per heavy atom. The summed E-state index contributed by atoms with van der Waals surface area (Å²) < 4.78 is 31.1. The molecule has 4 aromatic rings. The highest BCUT2D eigenvalue weighted by Crippen LogP contribution is 2.28. The van der Waals surface area contributed by atoms with Crippen LogP contribution in [0.3, 0.4) is 0 Å². The van der Waals surface area contributed by atoms with Crippen LogP contribution >= 0.6 is 0 Å². The molecule has 0 radical (unpaired) electrons. The van der Waals surface area contributed by atoms with Crippen LogP contribution in [0.5, 0.6) is 0 Å². The molecule has 0 amide bonds. The first-order chi connectivity index (χ1) is 20.4. The topological polar surface area (TPSA) is 144 Å². The molecule has 1 aliphatic carbocycles. The van der Waals surface area contributed by atoms with E-state index >= 15 is 0 Å². The lowest BCUT2D eigenvalue weighted by Gasteiger charge is -2.12. The van der Waals surface area contributed by atoms with Gasteiger partial charge in [-0.3, -0.25) is 9.71 Å². The molecule has 3 N–H and O–H groups in total. The Hall–Kier alpha value is -3.87. The molecule has 2 aromatic heterocycles. The molecule has 0 spiro atoms. The predicted molar refractivity (Wildman–Crippen MR) is 160 cm³/mol. The Morgan fingerprint density at radius 2 is 1.76 bits per heavy atom. The minimum Gasteiger partial charge on any atom is -0.387 e. The van der Waals surface area contributed by atoms with Crippen molar-refractivity contribution in [2.45, 2.75) is 62.5 Å². The van der Waals surface area contributed by atoms with Crippen molar-refractivity contribution < 1.29 is 13.5 Å². The molecule has 0 saturated heterocycles. The highest BCUT2D eigenvalue weighted by molar-refractivity contribution is 7.92. The summed E-state index contributed by atoms with van der Waals surface area (Å²) in [6.07, 6.45) is 10.5. The summed E-state index contributed by atoms with van der Waals surface area (Å²) in [6.45, 7) is 1.60. The molecule has 11 nitrogen and oxygen atoms in total. The number of nitrogens with one attached hydrogen (secondary N) is 2. The van der Waals surface area contributed by atoms with Gasteiger partial charge in [0.2, 0.25) is 0 Å². The van der Waals surface area contributed by atoms with Crippen molar-refractivity contribution in [3.63, 3.8) is 0 Å². The molecule has 1 atom stereocenters. The number of aromatic nitrogens is 5. The monoisotopic (exact) mass is 591 g/mol. The van der Waals surface area contributed by atoms with Crippen molar-refractivity contribution in [2.75, 3.05) is 17.8 Å². The summed E-state index contributed by atoms with van der Waals surface area (Å²) in [5.41, 5.74) is 2.35. The van der Waals surface area contributed by atoms with E-state index in [4.69, 9.17) is 0 Å². The summed E-state index contributed by atoms with van der Waals surface area (Å²) >= 11 is 0. The van der Waals surface area contributed by atoms with Gasteiger partial charge in [-0.15, -0.1) is 0 Å². The summed E-state index contributed by atoms with van der Waals surface area (Å²) in [6, 6.07) is 16.8. The van der Waals surface area contributed by atoms with Crippen molar-refractivity contribution in [3.05, 3.63) is 94.7 Å². The van der Waals surface area contributed by atoms with Gasteiger partial charge in [-0.25, -0.2) is 13.2 Å². The largest absolute Gasteiger partial charge is 0.387 e. The average molecular weight is 592 g/mol. The first-order valence-electron chi connectivity index (χ1n) is 14.4. The molecule has 0 aliphatic heterocycles. The molecular weight excluding hydrogens is 554 g/mol. The third kappa shape index (κ3) is 7.69.